The quantitative estimate of drug-likeness (QED) is 0.640. The molecule has 0 aliphatic heterocycles. The predicted octanol–water partition coefficient (Wildman–Crippen LogP) is 3.69. The fourth-order valence-electron chi connectivity index (χ4n) is 2.85. The van der Waals surface area contributed by atoms with Crippen LogP contribution in [0.2, 0.25) is 0 Å². The lowest BCUT2D eigenvalue weighted by atomic mass is 9.88. The van der Waals surface area contributed by atoms with Crippen molar-refractivity contribution in [3.63, 3.8) is 0 Å². The monoisotopic (exact) mass is 374 g/mol. The normalized spacial score (nSPS) is 17.0. The van der Waals surface area contributed by atoms with Gasteiger partial charge in [0.25, 0.3) is 5.91 Å². The van der Waals surface area contributed by atoms with Crippen LogP contribution in [0.4, 0.5) is 8.78 Å². The van der Waals surface area contributed by atoms with E-state index in [1.54, 1.807) is 25.4 Å². The van der Waals surface area contributed by atoms with Crippen LogP contribution < -0.4 is 10.2 Å². The number of nitrogens with zero attached hydrogens (tertiary/aromatic N) is 3. The molecule has 8 heteroatoms. The fraction of sp³-hybridized carbons (Fsp3) is 0.368. The number of hydrogen-bond acceptors (Lipinski definition) is 5. The Bertz CT molecular complexity index is 815. The summed E-state index contributed by atoms with van der Waals surface area (Å²) in [5.41, 5.74) is 3.85. The first-order chi connectivity index (χ1) is 13.0. The number of ether oxygens (including phenoxy) is 1. The maximum absolute atomic E-state index is 13.1. The van der Waals surface area contributed by atoms with Gasteiger partial charge < -0.3 is 4.74 Å². The largest absolute Gasteiger partial charge is 0.497 e. The van der Waals surface area contributed by atoms with Gasteiger partial charge in [0, 0.05) is 24.6 Å². The molecular weight excluding hydrogens is 354 g/mol. The van der Waals surface area contributed by atoms with Crippen molar-refractivity contribution in [1.82, 2.24) is 15.4 Å². The van der Waals surface area contributed by atoms with Gasteiger partial charge in [0.1, 0.15) is 11.4 Å². The third kappa shape index (κ3) is 5.06. The van der Waals surface area contributed by atoms with E-state index in [1.165, 1.54) is 12.4 Å². The zero-order valence-electron chi connectivity index (χ0n) is 14.9. The summed E-state index contributed by atoms with van der Waals surface area (Å²) in [6.45, 7) is 0. The van der Waals surface area contributed by atoms with Crippen LogP contribution in [0.1, 0.15) is 36.2 Å². The van der Waals surface area contributed by atoms with Crippen molar-refractivity contribution in [1.29, 1.82) is 0 Å². The highest BCUT2D eigenvalue weighted by Crippen LogP contribution is 2.35. The van der Waals surface area contributed by atoms with E-state index in [0.29, 0.717) is 18.5 Å². The Hall–Kier alpha value is -2.90. The Morgan fingerprint density at radius 3 is 2.63 bits per heavy atom. The number of methoxy groups -OCH3 is 1. The smallest absolute Gasteiger partial charge is 0.291 e. The van der Waals surface area contributed by atoms with Crippen LogP contribution in [0, 0.1) is 5.92 Å². The lowest BCUT2D eigenvalue weighted by Crippen LogP contribution is -2.26. The van der Waals surface area contributed by atoms with Gasteiger partial charge in [0.2, 0.25) is 5.92 Å². The van der Waals surface area contributed by atoms with Crippen LogP contribution in [0.25, 0.3) is 11.3 Å². The van der Waals surface area contributed by atoms with E-state index in [9.17, 15) is 13.6 Å². The van der Waals surface area contributed by atoms with Gasteiger partial charge in [-0.3, -0.25) is 9.78 Å². The van der Waals surface area contributed by atoms with Crippen LogP contribution in [-0.4, -0.2) is 35.1 Å². The number of aromatic nitrogens is 2. The Morgan fingerprint density at radius 2 is 1.96 bits per heavy atom. The molecule has 0 saturated heterocycles. The summed E-state index contributed by atoms with van der Waals surface area (Å²) < 4.78 is 31.4. The van der Waals surface area contributed by atoms with Crippen LogP contribution in [0.5, 0.6) is 5.75 Å². The second-order valence-corrected chi connectivity index (χ2v) is 6.43. The Kier molecular flexibility index (Phi) is 5.73. The minimum atomic E-state index is -2.58. The van der Waals surface area contributed by atoms with E-state index in [-0.39, 0.29) is 24.5 Å². The SMILES string of the molecule is COc1ccc(-c2cncc(C(=O)N/N=C/C3CCC(F)(F)CC3)n2)cc1. The molecule has 0 spiro atoms. The molecule has 27 heavy (non-hydrogen) atoms. The number of alkyl halides is 2. The second kappa shape index (κ2) is 8.20. The molecule has 1 heterocycles. The molecule has 1 amide bonds. The van der Waals surface area contributed by atoms with Crippen molar-refractivity contribution in [2.45, 2.75) is 31.6 Å². The zero-order valence-corrected chi connectivity index (χ0v) is 14.9. The highest BCUT2D eigenvalue weighted by molar-refractivity contribution is 5.92. The molecule has 1 aromatic heterocycles. The van der Waals surface area contributed by atoms with Gasteiger partial charge in [0.15, 0.2) is 0 Å². The molecule has 0 radical (unpaired) electrons. The number of hydrogen-bond donors (Lipinski definition) is 1. The molecule has 0 unspecified atom stereocenters. The van der Waals surface area contributed by atoms with Crippen LogP contribution in [0.15, 0.2) is 41.8 Å². The number of halogens is 2. The van der Waals surface area contributed by atoms with E-state index in [0.717, 1.165) is 11.3 Å². The van der Waals surface area contributed by atoms with Crippen molar-refractivity contribution in [3.8, 4) is 17.0 Å². The Morgan fingerprint density at radius 1 is 1.26 bits per heavy atom. The summed E-state index contributed by atoms with van der Waals surface area (Å²) in [4.78, 5) is 20.5. The fourth-order valence-corrected chi connectivity index (χ4v) is 2.85. The van der Waals surface area contributed by atoms with Gasteiger partial charge in [-0.25, -0.2) is 19.2 Å². The third-order valence-corrected chi connectivity index (χ3v) is 4.47. The number of carbonyl (C=O) groups excluding carboxylic acids is 1. The minimum absolute atomic E-state index is 0.0540. The van der Waals surface area contributed by atoms with E-state index in [2.05, 4.69) is 20.5 Å². The van der Waals surface area contributed by atoms with Crippen molar-refractivity contribution in [2.24, 2.45) is 11.0 Å². The molecule has 0 bridgehead atoms. The molecule has 142 valence electrons. The summed E-state index contributed by atoms with van der Waals surface area (Å²) in [6.07, 6.45) is 4.86. The average molecular weight is 374 g/mol. The Labute approximate surface area is 155 Å². The number of amides is 1. The topological polar surface area (TPSA) is 76.5 Å². The minimum Gasteiger partial charge on any atom is -0.497 e. The molecule has 1 aliphatic carbocycles. The summed E-state index contributed by atoms with van der Waals surface area (Å²) in [7, 11) is 1.58. The van der Waals surface area contributed by atoms with E-state index < -0.39 is 11.8 Å². The first-order valence-corrected chi connectivity index (χ1v) is 8.65. The molecule has 0 atom stereocenters. The van der Waals surface area contributed by atoms with Gasteiger partial charge in [-0.15, -0.1) is 0 Å². The van der Waals surface area contributed by atoms with Crippen molar-refractivity contribution in [2.75, 3.05) is 7.11 Å². The number of carbonyl (C=O) groups is 1. The Balaban J connectivity index is 1.61. The summed E-state index contributed by atoms with van der Waals surface area (Å²) in [6, 6.07) is 7.23. The van der Waals surface area contributed by atoms with Gasteiger partial charge in [0.05, 0.1) is 25.2 Å². The van der Waals surface area contributed by atoms with E-state index in [1.807, 2.05) is 12.1 Å². The van der Waals surface area contributed by atoms with E-state index in [4.69, 9.17) is 4.74 Å². The van der Waals surface area contributed by atoms with Crippen molar-refractivity contribution >= 4 is 12.1 Å². The zero-order chi connectivity index (χ0) is 19.3. The molecule has 1 fully saturated rings. The first kappa shape index (κ1) is 18.9. The molecule has 1 N–H and O–H groups in total. The van der Waals surface area contributed by atoms with Gasteiger partial charge in [-0.2, -0.15) is 5.10 Å². The van der Waals surface area contributed by atoms with Gasteiger partial charge in [-0.05, 0) is 43.0 Å². The molecule has 2 aromatic rings. The molecular formula is C19H20F2N4O2. The highest BCUT2D eigenvalue weighted by atomic mass is 19.3. The lowest BCUT2D eigenvalue weighted by molar-refractivity contribution is -0.0390. The molecule has 3 rings (SSSR count). The maximum atomic E-state index is 13.1. The molecule has 1 aliphatic rings. The average Bonchev–Trinajstić information content (AvgIpc) is 2.69. The number of hydrazone groups is 1. The molecule has 1 aromatic carbocycles. The summed E-state index contributed by atoms with van der Waals surface area (Å²) in [5, 5.41) is 3.89. The first-order valence-electron chi connectivity index (χ1n) is 8.65. The van der Waals surface area contributed by atoms with Crippen LogP contribution in [0.3, 0.4) is 0 Å². The van der Waals surface area contributed by atoms with E-state index >= 15 is 0 Å². The number of benzene rings is 1. The number of nitrogens with one attached hydrogen (secondary N) is 1. The molecule has 6 nitrogen and oxygen atoms in total. The molecule has 1 saturated carbocycles. The van der Waals surface area contributed by atoms with Gasteiger partial charge in [-0.1, -0.05) is 0 Å². The van der Waals surface area contributed by atoms with Gasteiger partial charge >= 0.3 is 0 Å². The highest BCUT2D eigenvalue weighted by Gasteiger charge is 2.34. The van der Waals surface area contributed by atoms with Crippen LogP contribution in [-0.2, 0) is 0 Å². The van der Waals surface area contributed by atoms with Crippen molar-refractivity contribution < 1.29 is 18.3 Å². The third-order valence-electron chi connectivity index (χ3n) is 4.47. The number of rotatable bonds is 5. The summed E-state index contributed by atoms with van der Waals surface area (Å²) in [5.74, 6) is -2.42. The standard InChI is InChI=1S/C19H20F2N4O2/c1-27-15-4-2-14(3-5-15)16-11-22-12-17(24-16)18(26)25-23-10-13-6-8-19(20,21)9-7-13/h2-5,10-13H,6-9H2,1H3,(H,25,26)/b23-10+. The van der Waals surface area contributed by atoms with Crippen LogP contribution >= 0.6 is 0 Å². The predicted molar refractivity (Wildman–Crippen MR) is 96.9 cm³/mol. The maximum Gasteiger partial charge on any atom is 0.291 e. The van der Waals surface area contributed by atoms with Crippen molar-refractivity contribution in [3.05, 3.63) is 42.4 Å². The second-order valence-electron chi connectivity index (χ2n) is 6.43. The summed E-state index contributed by atoms with van der Waals surface area (Å²) >= 11 is 0. The lowest BCUT2D eigenvalue weighted by Gasteiger charge is -2.25.